The summed E-state index contributed by atoms with van der Waals surface area (Å²) in [5.41, 5.74) is 9.30. The van der Waals surface area contributed by atoms with Crippen molar-refractivity contribution in [3.63, 3.8) is 0 Å². The van der Waals surface area contributed by atoms with Gasteiger partial charge in [0.25, 0.3) is 0 Å². The number of rotatable bonds is 2. The van der Waals surface area contributed by atoms with Crippen LogP contribution in [-0.2, 0) is 12.8 Å². The van der Waals surface area contributed by atoms with Crippen molar-refractivity contribution in [2.75, 3.05) is 5.73 Å². The zero-order valence-corrected chi connectivity index (χ0v) is 14.7. The fourth-order valence-electron chi connectivity index (χ4n) is 3.10. The Morgan fingerprint density at radius 2 is 1.88 bits per heavy atom. The molecule has 0 spiro atoms. The molecule has 0 aliphatic heterocycles. The Balaban J connectivity index is 1.86. The zero-order valence-electron chi connectivity index (χ0n) is 13.2. The Kier molecular flexibility index (Phi) is 3.98. The lowest BCUT2D eigenvalue weighted by atomic mass is 10.1. The van der Waals surface area contributed by atoms with E-state index in [1.54, 1.807) is 24.4 Å². The second-order valence-corrected chi connectivity index (χ2v) is 6.75. The van der Waals surface area contributed by atoms with E-state index in [4.69, 9.17) is 33.9 Å². The van der Waals surface area contributed by atoms with Crippen LogP contribution in [0.5, 0.6) is 0 Å². The first-order chi connectivity index (χ1) is 12.0. The average Bonchev–Trinajstić information content (AvgIpc) is 3.05. The van der Waals surface area contributed by atoms with E-state index >= 15 is 0 Å². The smallest absolute Gasteiger partial charge is 0.354 e. The van der Waals surface area contributed by atoms with Crippen molar-refractivity contribution >= 4 is 29.0 Å². The molecule has 2 heterocycles. The number of aryl methyl sites for hydroxylation is 1. The van der Waals surface area contributed by atoms with Crippen molar-refractivity contribution in [2.45, 2.75) is 19.3 Å². The van der Waals surface area contributed by atoms with Crippen molar-refractivity contribution in [3.8, 4) is 16.9 Å². The summed E-state index contributed by atoms with van der Waals surface area (Å²) in [6.07, 6.45) is 4.52. The Morgan fingerprint density at radius 3 is 2.68 bits per heavy atom. The molecule has 0 saturated carbocycles. The van der Waals surface area contributed by atoms with E-state index in [0.29, 0.717) is 21.4 Å². The van der Waals surface area contributed by atoms with Crippen LogP contribution in [0.3, 0.4) is 0 Å². The first-order valence-electron chi connectivity index (χ1n) is 7.87. The van der Waals surface area contributed by atoms with Gasteiger partial charge >= 0.3 is 5.69 Å². The number of aromatic nitrogens is 3. The summed E-state index contributed by atoms with van der Waals surface area (Å²) in [7, 11) is 0. The molecule has 7 heteroatoms. The molecule has 0 radical (unpaired) electrons. The van der Waals surface area contributed by atoms with Gasteiger partial charge < -0.3 is 5.73 Å². The predicted octanol–water partition coefficient (Wildman–Crippen LogP) is 3.67. The van der Waals surface area contributed by atoms with Crippen LogP contribution in [0.2, 0.25) is 10.0 Å². The quantitative estimate of drug-likeness (QED) is 0.744. The number of halogens is 2. The Labute approximate surface area is 154 Å². The normalized spacial score (nSPS) is 13.0. The molecule has 1 aliphatic carbocycles. The molecule has 126 valence electrons. The molecular weight excluding hydrogens is 359 g/mol. The molecule has 1 aromatic carbocycles. The molecule has 0 atom stereocenters. The molecule has 3 aromatic rings. The van der Waals surface area contributed by atoms with E-state index < -0.39 is 5.69 Å². The van der Waals surface area contributed by atoms with E-state index in [1.165, 1.54) is 4.57 Å². The Morgan fingerprint density at radius 1 is 1.04 bits per heavy atom. The van der Waals surface area contributed by atoms with Gasteiger partial charge in [0.15, 0.2) is 0 Å². The predicted molar refractivity (Wildman–Crippen MR) is 99.5 cm³/mol. The van der Waals surface area contributed by atoms with Gasteiger partial charge in [-0.25, -0.2) is 4.79 Å². The maximum absolute atomic E-state index is 12.1. The second kappa shape index (κ2) is 6.17. The molecule has 4 rings (SSSR count). The third-order valence-corrected chi connectivity index (χ3v) is 4.99. The van der Waals surface area contributed by atoms with Gasteiger partial charge in [-0.2, -0.15) is 4.98 Å². The summed E-state index contributed by atoms with van der Waals surface area (Å²) in [6.45, 7) is 0. The zero-order chi connectivity index (χ0) is 17.6. The van der Waals surface area contributed by atoms with Gasteiger partial charge in [0, 0.05) is 22.5 Å². The lowest BCUT2D eigenvalue weighted by Gasteiger charge is -2.11. The Bertz CT molecular complexity index is 1050. The number of nitrogens with two attached hydrogens (primary N) is 1. The van der Waals surface area contributed by atoms with Gasteiger partial charge in [-0.3, -0.25) is 9.55 Å². The van der Waals surface area contributed by atoms with Crippen LogP contribution in [0.1, 0.15) is 17.7 Å². The fraction of sp³-hybridized carbons (Fsp3) is 0.167. The van der Waals surface area contributed by atoms with Gasteiger partial charge in [-0.1, -0.05) is 23.2 Å². The lowest BCUT2D eigenvalue weighted by Crippen LogP contribution is -2.21. The number of hydrogen-bond donors (Lipinski definition) is 1. The van der Waals surface area contributed by atoms with Crippen LogP contribution >= 0.6 is 23.2 Å². The first-order valence-corrected chi connectivity index (χ1v) is 8.62. The minimum atomic E-state index is -0.451. The molecule has 0 amide bonds. The monoisotopic (exact) mass is 372 g/mol. The van der Waals surface area contributed by atoms with Crippen molar-refractivity contribution in [1.29, 1.82) is 0 Å². The van der Waals surface area contributed by atoms with E-state index in [2.05, 4.69) is 4.98 Å². The van der Waals surface area contributed by atoms with Gasteiger partial charge in [-0.05, 0) is 55.2 Å². The minimum Gasteiger partial charge on any atom is -0.383 e. The van der Waals surface area contributed by atoms with Crippen LogP contribution in [0.15, 0.2) is 41.3 Å². The first kappa shape index (κ1) is 16.1. The number of benzene rings is 1. The largest absolute Gasteiger partial charge is 0.383 e. The van der Waals surface area contributed by atoms with E-state index in [-0.39, 0.29) is 5.82 Å². The van der Waals surface area contributed by atoms with Crippen molar-refractivity contribution in [1.82, 2.24) is 14.5 Å². The van der Waals surface area contributed by atoms with E-state index in [9.17, 15) is 4.79 Å². The highest BCUT2D eigenvalue weighted by atomic mass is 35.5. The summed E-state index contributed by atoms with van der Waals surface area (Å²) in [5, 5.41) is 1.26. The number of nitrogens with zero attached hydrogens (tertiary/aromatic N) is 3. The maximum atomic E-state index is 12.1. The minimum absolute atomic E-state index is 0.183. The summed E-state index contributed by atoms with van der Waals surface area (Å²) >= 11 is 12.8. The number of nitrogen functional groups attached to an aromatic ring is 1. The standard InChI is InChI=1S/C18H14Cl2N4O/c19-13-5-4-10(24-7-6-17(21)23-18(24)25)8-12(13)16-9-14(20)11-2-1-3-15(11)22-16/h4-9H,1-3H2,(H2,21,23,25). The summed E-state index contributed by atoms with van der Waals surface area (Å²) in [5.74, 6) is 0.183. The number of fused-ring (bicyclic) bond motifs is 1. The highest BCUT2D eigenvalue weighted by Gasteiger charge is 2.18. The average molecular weight is 373 g/mol. The number of anilines is 1. The van der Waals surface area contributed by atoms with Gasteiger partial charge in [0.2, 0.25) is 0 Å². The molecule has 5 nitrogen and oxygen atoms in total. The molecule has 2 N–H and O–H groups in total. The van der Waals surface area contributed by atoms with Crippen molar-refractivity contribution in [2.24, 2.45) is 0 Å². The molecule has 0 saturated heterocycles. The molecule has 0 bridgehead atoms. The number of hydrogen-bond acceptors (Lipinski definition) is 4. The highest BCUT2D eigenvalue weighted by molar-refractivity contribution is 6.34. The van der Waals surface area contributed by atoms with Gasteiger partial charge in [-0.15, -0.1) is 0 Å². The van der Waals surface area contributed by atoms with Gasteiger partial charge in [0.1, 0.15) is 5.82 Å². The van der Waals surface area contributed by atoms with Crippen LogP contribution in [0.25, 0.3) is 16.9 Å². The molecule has 2 aromatic heterocycles. The van der Waals surface area contributed by atoms with Crippen LogP contribution in [-0.4, -0.2) is 14.5 Å². The molecular formula is C18H14Cl2N4O. The van der Waals surface area contributed by atoms with Crippen molar-refractivity contribution < 1.29 is 0 Å². The Hall–Kier alpha value is -2.37. The van der Waals surface area contributed by atoms with Gasteiger partial charge in [0.05, 0.1) is 16.4 Å². The SMILES string of the molecule is Nc1ccn(-c2ccc(Cl)c(-c3cc(Cl)c4c(n3)CCC4)c2)c(=O)n1. The summed E-state index contributed by atoms with van der Waals surface area (Å²) < 4.78 is 1.41. The van der Waals surface area contributed by atoms with Crippen molar-refractivity contribution in [3.05, 3.63) is 68.3 Å². The molecule has 25 heavy (non-hydrogen) atoms. The van der Waals surface area contributed by atoms with E-state index in [1.807, 2.05) is 12.1 Å². The van der Waals surface area contributed by atoms with Crippen LogP contribution < -0.4 is 11.4 Å². The number of pyridine rings is 1. The summed E-state index contributed by atoms with van der Waals surface area (Å²) in [6, 6.07) is 8.69. The third-order valence-electron chi connectivity index (χ3n) is 4.33. The topological polar surface area (TPSA) is 73.8 Å². The van der Waals surface area contributed by atoms with Crippen LogP contribution in [0.4, 0.5) is 5.82 Å². The lowest BCUT2D eigenvalue weighted by molar-refractivity contribution is 0.900. The molecule has 1 aliphatic rings. The molecule has 0 fully saturated rings. The maximum Gasteiger partial charge on any atom is 0.354 e. The third kappa shape index (κ3) is 2.90. The van der Waals surface area contributed by atoms with E-state index in [0.717, 1.165) is 36.1 Å². The highest BCUT2D eigenvalue weighted by Crippen LogP contribution is 2.34. The summed E-state index contributed by atoms with van der Waals surface area (Å²) in [4.78, 5) is 20.6. The van der Waals surface area contributed by atoms with Crippen LogP contribution in [0, 0.1) is 0 Å². The molecule has 0 unspecified atom stereocenters. The fourth-order valence-corrected chi connectivity index (χ4v) is 3.62. The second-order valence-electron chi connectivity index (χ2n) is 5.94.